The molecule has 0 saturated carbocycles. The van der Waals surface area contributed by atoms with Crippen LogP contribution < -0.4 is 10.1 Å². The molecule has 5 aromatic rings. The zero-order valence-corrected chi connectivity index (χ0v) is 22.8. The Labute approximate surface area is 236 Å². The summed E-state index contributed by atoms with van der Waals surface area (Å²) in [7, 11) is 1.35. The van der Waals surface area contributed by atoms with Crippen LogP contribution in [0.2, 0.25) is 0 Å². The number of halogens is 1. The minimum Gasteiger partial charge on any atom is -0.496 e. The Morgan fingerprint density at radius 3 is 2.49 bits per heavy atom. The molecule has 0 fully saturated rings. The number of aromatic carboxylic acids is 1. The van der Waals surface area contributed by atoms with Gasteiger partial charge in [0.25, 0.3) is 0 Å². The van der Waals surface area contributed by atoms with Gasteiger partial charge in [-0.05, 0) is 83.6 Å². The lowest BCUT2D eigenvalue weighted by Crippen LogP contribution is -2.01. The Balaban J connectivity index is 1.50. The van der Waals surface area contributed by atoms with Crippen LogP contribution in [0.5, 0.6) is 5.75 Å². The Morgan fingerprint density at radius 1 is 1.00 bits per heavy atom. The third kappa shape index (κ3) is 5.50. The summed E-state index contributed by atoms with van der Waals surface area (Å²) < 4.78 is 20.5. The summed E-state index contributed by atoms with van der Waals surface area (Å²) >= 11 is 0. The smallest absolute Gasteiger partial charge is 0.339 e. The number of fused-ring (bicyclic) bond motifs is 1. The lowest BCUT2D eigenvalue weighted by molar-refractivity contribution is 0.0693. The number of aliphatic hydroxyl groups excluding tert-OH is 1. The summed E-state index contributed by atoms with van der Waals surface area (Å²) in [5.41, 5.74) is 6.96. The molecule has 8 heteroatoms. The van der Waals surface area contributed by atoms with E-state index in [1.165, 1.54) is 31.4 Å². The monoisotopic (exact) mass is 549 g/mol. The molecule has 0 atom stereocenters. The Hall–Kier alpha value is -5.08. The fraction of sp³-hybridized carbons (Fsp3) is 0.121. The molecule has 206 valence electrons. The highest BCUT2D eigenvalue weighted by Crippen LogP contribution is 2.35. The van der Waals surface area contributed by atoms with Crippen LogP contribution in [0, 0.1) is 13.8 Å². The molecule has 0 bridgehead atoms. The standard InChI is InChI=1S/C33H28FN3O4/c1-19-22(15-28(34)23-10-11-27(33(39)40)30(16-23)41-3)6-4-7-25(19)26-8-5-9-29(20(26)2)37-32-31-24(12-13-35-32)14-21(18-38)17-36-31/h4-17,38H,18H2,1-3H3,(H,35,37)(H,39,40)/b28-15-. The van der Waals surface area contributed by atoms with Crippen LogP contribution in [0.1, 0.15) is 38.2 Å². The highest BCUT2D eigenvalue weighted by Gasteiger charge is 2.15. The Bertz CT molecular complexity index is 1820. The minimum atomic E-state index is -1.14. The van der Waals surface area contributed by atoms with Gasteiger partial charge in [0.1, 0.15) is 22.7 Å². The lowest BCUT2D eigenvalue weighted by atomic mass is 9.92. The highest BCUT2D eigenvalue weighted by molar-refractivity contribution is 5.93. The van der Waals surface area contributed by atoms with Gasteiger partial charge in [-0.3, -0.25) is 4.98 Å². The third-order valence-corrected chi connectivity index (χ3v) is 7.08. The SMILES string of the molecule is COc1cc(/C(F)=C/c2cccc(-c3cccc(Nc4nccc5cc(CO)cnc45)c3C)c2C)ccc1C(=O)O. The fourth-order valence-corrected chi connectivity index (χ4v) is 4.81. The van der Waals surface area contributed by atoms with Gasteiger partial charge in [-0.2, -0.15) is 0 Å². The number of hydrogen-bond donors (Lipinski definition) is 3. The fourth-order valence-electron chi connectivity index (χ4n) is 4.81. The van der Waals surface area contributed by atoms with Gasteiger partial charge < -0.3 is 20.3 Å². The number of rotatable bonds is 8. The van der Waals surface area contributed by atoms with Crippen molar-refractivity contribution in [2.75, 3.05) is 12.4 Å². The zero-order chi connectivity index (χ0) is 29.1. The molecule has 0 unspecified atom stereocenters. The highest BCUT2D eigenvalue weighted by atomic mass is 19.1. The van der Waals surface area contributed by atoms with E-state index in [1.54, 1.807) is 12.4 Å². The van der Waals surface area contributed by atoms with E-state index in [-0.39, 0.29) is 23.5 Å². The molecular weight excluding hydrogens is 521 g/mol. The Morgan fingerprint density at radius 2 is 1.76 bits per heavy atom. The summed E-state index contributed by atoms with van der Waals surface area (Å²) in [6, 6.07) is 19.5. The van der Waals surface area contributed by atoms with Crippen LogP contribution in [0.25, 0.3) is 33.9 Å². The quantitative estimate of drug-likeness (QED) is 0.174. The van der Waals surface area contributed by atoms with Crippen LogP contribution in [0.3, 0.4) is 0 Å². The number of nitrogens with one attached hydrogen (secondary N) is 1. The summed E-state index contributed by atoms with van der Waals surface area (Å²) in [6.45, 7) is 3.87. The average Bonchev–Trinajstić information content (AvgIpc) is 2.98. The molecule has 0 aliphatic heterocycles. The third-order valence-electron chi connectivity index (χ3n) is 7.08. The molecule has 0 amide bonds. The van der Waals surface area contributed by atoms with Gasteiger partial charge in [0.05, 0.1) is 13.7 Å². The normalized spacial score (nSPS) is 11.5. The lowest BCUT2D eigenvalue weighted by Gasteiger charge is -2.16. The number of ether oxygens (including phenoxy) is 1. The number of carbonyl (C=O) groups is 1. The number of aliphatic hydroxyl groups is 1. The second-order valence-electron chi connectivity index (χ2n) is 9.57. The number of aromatic nitrogens is 2. The topological polar surface area (TPSA) is 105 Å². The van der Waals surface area contributed by atoms with Crippen molar-refractivity contribution in [3.63, 3.8) is 0 Å². The molecule has 5 rings (SSSR count). The van der Waals surface area contributed by atoms with E-state index in [1.807, 2.05) is 62.4 Å². The maximum Gasteiger partial charge on any atom is 0.339 e. The van der Waals surface area contributed by atoms with Crippen LogP contribution >= 0.6 is 0 Å². The number of nitrogens with zero attached hydrogens (tertiary/aromatic N) is 2. The second-order valence-corrected chi connectivity index (χ2v) is 9.57. The molecule has 3 aromatic carbocycles. The first-order chi connectivity index (χ1) is 19.8. The predicted molar refractivity (Wildman–Crippen MR) is 159 cm³/mol. The summed E-state index contributed by atoms with van der Waals surface area (Å²) in [5.74, 6) is -0.955. The first-order valence-corrected chi connectivity index (χ1v) is 12.9. The second kappa shape index (κ2) is 11.6. The van der Waals surface area contributed by atoms with E-state index in [0.717, 1.165) is 38.9 Å². The van der Waals surface area contributed by atoms with Gasteiger partial charge >= 0.3 is 5.97 Å². The maximum atomic E-state index is 15.4. The number of methoxy groups -OCH3 is 1. The molecule has 7 nitrogen and oxygen atoms in total. The van der Waals surface area contributed by atoms with E-state index in [2.05, 4.69) is 15.3 Å². The summed E-state index contributed by atoms with van der Waals surface area (Å²) in [5, 5.41) is 23.1. The molecule has 0 radical (unpaired) electrons. The molecule has 41 heavy (non-hydrogen) atoms. The number of anilines is 2. The van der Waals surface area contributed by atoms with Crippen molar-refractivity contribution >= 4 is 40.3 Å². The Kier molecular flexibility index (Phi) is 7.76. The predicted octanol–water partition coefficient (Wildman–Crippen LogP) is 7.32. The zero-order valence-electron chi connectivity index (χ0n) is 22.8. The van der Waals surface area contributed by atoms with Gasteiger partial charge in [0, 0.05) is 29.0 Å². The molecule has 2 aromatic heterocycles. The average molecular weight is 550 g/mol. The van der Waals surface area contributed by atoms with Crippen LogP contribution in [-0.4, -0.2) is 33.3 Å². The van der Waals surface area contributed by atoms with Crippen LogP contribution in [0.4, 0.5) is 15.9 Å². The van der Waals surface area contributed by atoms with Crippen molar-refractivity contribution in [1.29, 1.82) is 0 Å². The van der Waals surface area contributed by atoms with Crippen LogP contribution in [0.15, 0.2) is 79.1 Å². The van der Waals surface area contributed by atoms with Crippen LogP contribution in [-0.2, 0) is 6.61 Å². The molecule has 2 heterocycles. The van der Waals surface area contributed by atoms with Crippen molar-refractivity contribution in [1.82, 2.24) is 9.97 Å². The van der Waals surface area contributed by atoms with E-state index in [4.69, 9.17) is 4.74 Å². The number of hydrogen-bond acceptors (Lipinski definition) is 6. The molecule has 0 spiro atoms. The first-order valence-electron chi connectivity index (χ1n) is 12.9. The van der Waals surface area contributed by atoms with Gasteiger partial charge in [0.15, 0.2) is 5.82 Å². The number of pyridine rings is 2. The van der Waals surface area contributed by atoms with E-state index in [0.29, 0.717) is 16.9 Å². The molecular formula is C33H28FN3O4. The molecule has 0 aliphatic rings. The van der Waals surface area contributed by atoms with Gasteiger partial charge in [0.2, 0.25) is 0 Å². The maximum absolute atomic E-state index is 15.4. The minimum absolute atomic E-state index is 0.0319. The molecule has 0 aliphatic carbocycles. The molecule has 0 saturated heterocycles. The largest absolute Gasteiger partial charge is 0.496 e. The van der Waals surface area contributed by atoms with Gasteiger partial charge in [-0.15, -0.1) is 0 Å². The van der Waals surface area contributed by atoms with E-state index in [9.17, 15) is 15.0 Å². The number of benzene rings is 3. The van der Waals surface area contributed by atoms with Gasteiger partial charge in [-0.1, -0.05) is 36.4 Å². The molecule has 3 N–H and O–H groups in total. The summed E-state index contributed by atoms with van der Waals surface area (Å²) in [4.78, 5) is 20.4. The first kappa shape index (κ1) is 27.5. The number of carboxylic acids is 1. The van der Waals surface area contributed by atoms with Crippen molar-refractivity contribution in [3.05, 3.63) is 113 Å². The van der Waals surface area contributed by atoms with Crippen molar-refractivity contribution in [2.24, 2.45) is 0 Å². The number of carboxylic acid groups (broad SMARTS) is 1. The van der Waals surface area contributed by atoms with Crippen molar-refractivity contribution in [3.8, 4) is 16.9 Å². The van der Waals surface area contributed by atoms with Crippen molar-refractivity contribution < 1.29 is 24.1 Å². The summed E-state index contributed by atoms with van der Waals surface area (Å²) in [6.07, 6.45) is 4.78. The van der Waals surface area contributed by atoms with Crippen molar-refractivity contribution in [2.45, 2.75) is 20.5 Å². The van der Waals surface area contributed by atoms with E-state index >= 15 is 4.39 Å². The van der Waals surface area contributed by atoms with E-state index < -0.39 is 11.8 Å². The van der Waals surface area contributed by atoms with Gasteiger partial charge in [-0.25, -0.2) is 14.2 Å².